The molecule has 0 aromatic carbocycles. The fraction of sp³-hybridized carbons (Fsp3) is 0.613. The second-order valence-electron chi connectivity index (χ2n) is 10.9. The quantitative estimate of drug-likeness (QED) is 0.205. The van der Waals surface area contributed by atoms with Gasteiger partial charge in [-0.15, -0.1) is 13.2 Å². The molecular formula is C31H46N6O4. The number of pyridine rings is 1. The van der Waals surface area contributed by atoms with Gasteiger partial charge in [-0.05, 0) is 58.6 Å². The lowest BCUT2D eigenvalue weighted by Crippen LogP contribution is -2.56. The number of esters is 1. The summed E-state index contributed by atoms with van der Waals surface area (Å²) in [4.78, 5) is 55.0. The summed E-state index contributed by atoms with van der Waals surface area (Å²) in [5.74, 6) is 1.09. The molecule has 224 valence electrons. The maximum atomic E-state index is 13.7. The van der Waals surface area contributed by atoms with Gasteiger partial charge in [-0.1, -0.05) is 12.2 Å². The van der Waals surface area contributed by atoms with E-state index < -0.39 is 17.4 Å². The third-order valence-electron chi connectivity index (χ3n) is 8.48. The van der Waals surface area contributed by atoms with Crippen molar-refractivity contribution >= 4 is 35.1 Å². The van der Waals surface area contributed by atoms with Gasteiger partial charge < -0.3 is 29.2 Å². The summed E-state index contributed by atoms with van der Waals surface area (Å²) in [7, 11) is 0. The monoisotopic (exact) mass is 566 g/mol. The first-order valence-corrected chi connectivity index (χ1v) is 15.1. The lowest BCUT2D eigenvalue weighted by molar-refractivity contribution is -0.160. The second kappa shape index (κ2) is 13.4. The number of ether oxygens (including phenoxy) is 1. The molecule has 1 unspecified atom stereocenters. The van der Waals surface area contributed by atoms with Crippen molar-refractivity contribution in [3.63, 3.8) is 0 Å². The van der Waals surface area contributed by atoms with E-state index in [-0.39, 0.29) is 18.4 Å². The zero-order valence-electron chi connectivity index (χ0n) is 25.0. The molecular weight excluding hydrogens is 520 g/mol. The van der Waals surface area contributed by atoms with Crippen LogP contribution in [0.3, 0.4) is 0 Å². The minimum Gasteiger partial charge on any atom is -0.465 e. The smallest absolute Gasteiger partial charge is 0.321 e. The zero-order valence-corrected chi connectivity index (χ0v) is 25.0. The summed E-state index contributed by atoms with van der Waals surface area (Å²) in [6, 6.07) is 3.68. The summed E-state index contributed by atoms with van der Waals surface area (Å²) in [6.45, 7) is 20.0. The Morgan fingerprint density at radius 2 is 1.66 bits per heavy atom. The van der Waals surface area contributed by atoms with Crippen LogP contribution in [0.25, 0.3) is 0 Å². The van der Waals surface area contributed by atoms with Gasteiger partial charge in [0.2, 0.25) is 11.8 Å². The number of likely N-dealkylation sites (N-methyl/N-ethyl adjacent to an activating group) is 2. The van der Waals surface area contributed by atoms with Crippen LogP contribution in [0, 0.1) is 5.41 Å². The Balaban J connectivity index is 1.48. The zero-order chi connectivity index (χ0) is 29.6. The van der Waals surface area contributed by atoms with E-state index >= 15 is 0 Å². The van der Waals surface area contributed by atoms with Crippen molar-refractivity contribution in [3.05, 3.63) is 37.4 Å². The molecule has 1 atom stereocenters. The fourth-order valence-corrected chi connectivity index (χ4v) is 5.97. The van der Waals surface area contributed by atoms with Crippen LogP contribution >= 0.6 is 0 Å². The SMILES string of the molecule is C=CCN(CC)c1ccc(N(CC)CC=C)c(N2CCN(C(=O)C3CCCN3C(=O)C3(C(=O)OCC)CC3)CC2)n1. The molecule has 0 radical (unpaired) electrons. The van der Waals surface area contributed by atoms with Crippen LogP contribution < -0.4 is 14.7 Å². The highest BCUT2D eigenvalue weighted by atomic mass is 16.5. The van der Waals surface area contributed by atoms with Gasteiger partial charge >= 0.3 is 5.97 Å². The second-order valence-corrected chi connectivity index (χ2v) is 10.9. The van der Waals surface area contributed by atoms with Crippen molar-refractivity contribution in [3.8, 4) is 0 Å². The Morgan fingerprint density at radius 1 is 1.00 bits per heavy atom. The molecule has 2 aliphatic heterocycles. The van der Waals surface area contributed by atoms with Crippen LogP contribution in [0.2, 0.25) is 0 Å². The molecule has 3 aliphatic rings. The summed E-state index contributed by atoms with van der Waals surface area (Å²) in [6.07, 6.45) is 6.16. The van der Waals surface area contributed by atoms with Crippen molar-refractivity contribution in [1.82, 2.24) is 14.8 Å². The Bertz CT molecular complexity index is 1130. The Kier molecular flexibility index (Phi) is 9.94. The van der Waals surface area contributed by atoms with Crippen LogP contribution in [-0.2, 0) is 19.1 Å². The topological polar surface area (TPSA) is 89.5 Å². The van der Waals surface area contributed by atoms with Gasteiger partial charge in [0.15, 0.2) is 5.82 Å². The predicted molar refractivity (Wildman–Crippen MR) is 162 cm³/mol. The van der Waals surface area contributed by atoms with E-state index in [2.05, 4.69) is 53.8 Å². The van der Waals surface area contributed by atoms with E-state index in [0.717, 1.165) is 36.8 Å². The molecule has 10 heteroatoms. The molecule has 2 saturated heterocycles. The van der Waals surface area contributed by atoms with Crippen LogP contribution in [0.4, 0.5) is 17.3 Å². The Labute approximate surface area is 244 Å². The molecule has 41 heavy (non-hydrogen) atoms. The number of likely N-dealkylation sites (tertiary alicyclic amines) is 1. The van der Waals surface area contributed by atoms with Crippen molar-refractivity contribution in [2.45, 2.75) is 52.5 Å². The molecule has 0 N–H and O–H groups in total. The standard InChI is InChI=1S/C31H46N6O4/c1-6-17-33(8-3)24-13-14-26(34(9-4)18-7-2)32-27(24)35-20-22-36(23-21-35)28(38)25-12-11-19-37(25)29(39)31(15-16-31)30(40)41-10-5/h6-7,13-14,25H,1-2,8-12,15-23H2,3-5H3. The first-order chi connectivity index (χ1) is 19.8. The van der Waals surface area contributed by atoms with Gasteiger partial charge in [-0.25, -0.2) is 4.98 Å². The Hall–Kier alpha value is -3.56. The maximum Gasteiger partial charge on any atom is 0.321 e. The van der Waals surface area contributed by atoms with E-state index in [4.69, 9.17) is 9.72 Å². The fourth-order valence-electron chi connectivity index (χ4n) is 5.97. The van der Waals surface area contributed by atoms with Crippen molar-refractivity contribution in [2.75, 3.05) is 80.2 Å². The largest absolute Gasteiger partial charge is 0.465 e. The normalized spacial score (nSPS) is 19.5. The van der Waals surface area contributed by atoms with Crippen LogP contribution in [0.5, 0.6) is 0 Å². The first-order valence-electron chi connectivity index (χ1n) is 15.1. The number of aromatic nitrogens is 1. The number of carbonyl (C=O) groups is 3. The average molecular weight is 567 g/mol. The van der Waals surface area contributed by atoms with Crippen LogP contribution in [0.1, 0.15) is 46.5 Å². The van der Waals surface area contributed by atoms with E-state index in [1.165, 1.54) is 0 Å². The highest BCUT2D eigenvalue weighted by molar-refractivity contribution is 6.07. The molecule has 3 heterocycles. The molecule has 4 rings (SSSR count). The van der Waals surface area contributed by atoms with Gasteiger partial charge in [-0.2, -0.15) is 0 Å². The van der Waals surface area contributed by atoms with Crippen molar-refractivity contribution in [1.29, 1.82) is 0 Å². The summed E-state index contributed by atoms with van der Waals surface area (Å²) in [5, 5.41) is 0. The molecule has 1 aliphatic carbocycles. The van der Waals surface area contributed by atoms with E-state index in [1.54, 1.807) is 11.8 Å². The first kappa shape index (κ1) is 30.4. The van der Waals surface area contributed by atoms with E-state index in [1.807, 2.05) is 17.1 Å². The van der Waals surface area contributed by atoms with Gasteiger partial charge in [0, 0.05) is 58.9 Å². The molecule has 0 spiro atoms. The third kappa shape index (κ3) is 6.21. The highest BCUT2D eigenvalue weighted by Gasteiger charge is 2.61. The van der Waals surface area contributed by atoms with E-state index in [9.17, 15) is 14.4 Å². The summed E-state index contributed by atoms with van der Waals surface area (Å²) in [5.41, 5.74) is -0.0361. The number of piperazine rings is 1. The minimum absolute atomic E-state index is 0.0259. The molecule has 1 aromatic heterocycles. The van der Waals surface area contributed by atoms with E-state index in [0.29, 0.717) is 65.1 Å². The molecule has 3 fully saturated rings. The number of carbonyl (C=O) groups excluding carboxylic acids is 3. The van der Waals surface area contributed by atoms with Crippen LogP contribution in [0.15, 0.2) is 37.4 Å². The molecule has 0 bridgehead atoms. The number of rotatable bonds is 13. The number of nitrogens with zero attached hydrogens (tertiary/aromatic N) is 6. The lowest BCUT2D eigenvalue weighted by Gasteiger charge is -2.39. The third-order valence-corrected chi connectivity index (χ3v) is 8.48. The average Bonchev–Trinajstić information content (AvgIpc) is 3.67. The van der Waals surface area contributed by atoms with Gasteiger partial charge in [0.05, 0.1) is 12.3 Å². The van der Waals surface area contributed by atoms with Crippen molar-refractivity contribution in [2.24, 2.45) is 5.41 Å². The van der Waals surface area contributed by atoms with Gasteiger partial charge in [-0.3, -0.25) is 14.4 Å². The molecule has 2 amide bonds. The summed E-state index contributed by atoms with van der Waals surface area (Å²) >= 11 is 0. The predicted octanol–water partition coefficient (Wildman–Crippen LogP) is 3.09. The van der Waals surface area contributed by atoms with Crippen molar-refractivity contribution < 1.29 is 19.1 Å². The highest BCUT2D eigenvalue weighted by Crippen LogP contribution is 2.49. The van der Waals surface area contributed by atoms with Crippen LogP contribution in [-0.4, -0.2) is 104 Å². The lowest BCUT2D eigenvalue weighted by atomic mass is 10.0. The summed E-state index contributed by atoms with van der Waals surface area (Å²) < 4.78 is 5.20. The van der Waals surface area contributed by atoms with Gasteiger partial charge in [0.25, 0.3) is 0 Å². The maximum absolute atomic E-state index is 13.7. The molecule has 10 nitrogen and oxygen atoms in total. The number of amides is 2. The van der Waals surface area contributed by atoms with Gasteiger partial charge in [0.1, 0.15) is 17.3 Å². The molecule has 1 saturated carbocycles. The Morgan fingerprint density at radius 3 is 2.24 bits per heavy atom. The number of hydrogen-bond acceptors (Lipinski definition) is 8. The minimum atomic E-state index is -1.08. The molecule has 1 aromatic rings. The number of hydrogen-bond donors (Lipinski definition) is 0. The number of anilines is 3.